The van der Waals surface area contributed by atoms with E-state index in [-0.39, 0.29) is 16.9 Å². The van der Waals surface area contributed by atoms with Crippen LogP contribution in [0.1, 0.15) is 49.5 Å². The standard InChI is InChI=1S/C32H29F3O2/c1-3-5-30(36)25-14-12-23(13-15-25)28-19-18-27(31(34)32(28)35)22-9-6-21(7-10-22)8-11-24-16-17-26(37-4-2)20-29(24)33/h6-20,30,36H,3-5H2,1-2H3/b11-8+. The first-order chi connectivity index (χ1) is 17.9. The summed E-state index contributed by atoms with van der Waals surface area (Å²) in [6.45, 7) is 4.29. The average molecular weight is 503 g/mol. The third kappa shape index (κ3) is 6.12. The van der Waals surface area contributed by atoms with E-state index in [0.717, 1.165) is 17.5 Å². The minimum atomic E-state index is -0.924. The minimum absolute atomic E-state index is 0.157. The summed E-state index contributed by atoms with van der Waals surface area (Å²) in [5.41, 5.74) is 3.35. The van der Waals surface area contributed by atoms with Crippen molar-refractivity contribution in [3.8, 4) is 28.0 Å². The van der Waals surface area contributed by atoms with Gasteiger partial charge in [0.25, 0.3) is 0 Å². The Morgan fingerprint density at radius 3 is 1.89 bits per heavy atom. The molecule has 0 spiro atoms. The van der Waals surface area contributed by atoms with Crippen LogP contribution < -0.4 is 4.74 Å². The summed E-state index contributed by atoms with van der Waals surface area (Å²) < 4.78 is 49.7. The van der Waals surface area contributed by atoms with Crippen molar-refractivity contribution in [2.24, 2.45) is 0 Å². The van der Waals surface area contributed by atoms with E-state index in [1.165, 1.54) is 6.07 Å². The van der Waals surface area contributed by atoms with Crippen molar-refractivity contribution >= 4 is 12.2 Å². The van der Waals surface area contributed by atoms with Crippen LogP contribution in [-0.4, -0.2) is 11.7 Å². The van der Waals surface area contributed by atoms with Crippen molar-refractivity contribution in [2.45, 2.75) is 32.8 Å². The van der Waals surface area contributed by atoms with Crippen molar-refractivity contribution in [2.75, 3.05) is 6.61 Å². The number of benzene rings is 4. The number of aliphatic hydroxyl groups is 1. The first kappa shape index (κ1) is 26.2. The maximum atomic E-state index is 15.1. The number of ether oxygens (including phenoxy) is 1. The van der Waals surface area contributed by atoms with Gasteiger partial charge in [-0.3, -0.25) is 0 Å². The molecule has 0 amide bonds. The lowest BCUT2D eigenvalue weighted by Crippen LogP contribution is -1.97. The minimum Gasteiger partial charge on any atom is -0.494 e. The molecule has 0 aliphatic carbocycles. The highest BCUT2D eigenvalue weighted by Crippen LogP contribution is 2.32. The molecule has 0 radical (unpaired) electrons. The zero-order valence-corrected chi connectivity index (χ0v) is 20.8. The molecule has 0 aliphatic heterocycles. The van der Waals surface area contributed by atoms with Gasteiger partial charge in [-0.05, 0) is 47.7 Å². The predicted molar refractivity (Wildman–Crippen MR) is 144 cm³/mol. The molecule has 0 aromatic heterocycles. The van der Waals surface area contributed by atoms with E-state index in [4.69, 9.17) is 4.74 Å². The van der Waals surface area contributed by atoms with Crippen LogP contribution in [0.4, 0.5) is 13.2 Å². The molecule has 1 N–H and O–H groups in total. The van der Waals surface area contributed by atoms with E-state index in [1.807, 2.05) is 13.8 Å². The second kappa shape index (κ2) is 11.9. The fourth-order valence-electron chi connectivity index (χ4n) is 4.18. The second-order valence-corrected chi connectivity index (χ2v) is 8.79. The van der Waals surface area contributed by atoms with Crippen LogP contribution in [0.25, 0.3) is 34.4 Å². The lowest BCUT2D eigenvalue weighted by Gasteiger charge is -2.12. The zero-order valence-electron chi connectivity index (χ0n) is 20.8. The van der Waals surface area contributed by atoms with Crippen LogP contribution in [-0.2, 0) is 0 Å². The van der Waals surface area contributed by atoms with Crippen LogP contribution >= 0.6 is 0 Å². The molecule has 0 fully saturated rings. The van der Waals surface area contributed by atoms with Crippen molar-refractivity contribution in [1.82, 2.24) is 0 Å². The van der Waals surface area contributed by atoms with E-state index in [9.17, 15) is 9.50 Å². The van der Waals surface area contributed by atoms with E-state index in [0.29, 0.717) is 35.5 Å². The summed E-state index contributed by atoms with van der Waals surface area (Å²) in [7, 11) is 0. The van der Waals surface area contributed by atoms with Gasteiger partial charge >= 0.3 is 0 Å². The molecule has 190 valence electrons. The van der Waals surface area contributed by atoms with Crippen molar-refractivity contribution in [3.05, 3.63) is 113 Å². The van der Waals surface area contributed by atoms with E-state index in [1.54, 1.807) is 84.9 Å². The van der Waals surface area contributed by atoms with E-state index in [2.05, 4.69) is 0 Å². The highest BCUT2D eigenvalue weighted by atomic mass is 19.2. The molecular formula is C32H29F3O2. The van der Waals surface area contributed by atoms with Gasteiger partial charge in [-0.1, -0.05) is 86.2 Å². The predicted octanol–water partition coefficient (Wildman–Crippen LogP) is 8.84. The van der Waals surface area contributed by atoms with Crippen LogP contribution in [0.3, 0.4) is 0 Å². The maximum absolute atomic E-state index is 15.1. The average Bonchev–Trinajstić information content (AvgIpc) is 2.91. The Labute approximate surface area is 215 Å². The molecular weight excluding hydrogens is 473 g/mol. The SMILES string of the molecule is CCCC(O)c1ccc(-c2ccc(-c3ccc(/C=C/c4ccc(OCC)cc4F)cc3)c(F)c2F)cc1. The van der Waals surface area contributed by atoms with E-state index < -0.39 is 17.7 Å². The third-order valence-electron chi connectivity index (χ3n) is 6.21. The fourth-order valence-corrected chi connectivity index (χ4v) is 4.18. The first-order valence-corrected chi connectivity index (χ1v) is 12.4. The van der Waals surface area contributed by atoms with Gasteiger partial charge in [-0.15, -0.1) is 0 Å². The molecule has 4 rings (SSSR count). The molecule has 1 unspecified atom stereocenters. The summed E-state index contributed by atoms with van der Waals surface area (Å²) in [5.74, 6) is -1.76. The molecule has 0 saturated heterocycles. The Kier molecular flexibility index (Phi) is 8.47. The van der Waals surface area contributed by atoms with Crippen molar-refractivity contribution in [1.29, 1.82) is 0 Å². The van der Waals surface area contributed by atoms with Crippen molar-refractivity contribution in [3.63, 3.8) is 0 Å². The Morgan fingerprint density at radius 1 is 0.757 bits per heavy atom. The van der Waals surface area contributed by atoms with Crippen LogP contribution in [0.15, 0.2) is 78.9 Å². The topological polar surface area (TPSA) is 29.5 Å². The van der Waals surface area contributed by atoms with Crippen molar-refractivity contribution < 1.29 is 23.0 Å². The quantitative estimate of drug-likeness (QED) is 0.232. The number of hydrogen-bond acceptors (Lipinski definition) is 2. The number of aliphatic hydroxyl groups excluding tert-OH is 1. The highest BCUT2D eigenvalue weighted by molar-refractivity contribution is 5.75. The largest absolute Gasteiger partial charge is 0.494 e. The Hall–Kier alpha value is -3.83. The van der Waals surface area contributed by atoms with Gasteiger partial charge in [0.1, 0.15) is 11.6 Å². The molecule has 0 aliphatic rings. The van der Waals surface area contributed by atoms with Gasteiger partial charge in [0.05, 0.1) is 12.7 Å². The molecule has 4 aromatic carbocycles. The van der Waals surface area contributed by atoms with Gasteiger partial charge in [-0.2, -0.15) is 0 Å². The molecule has 4 aromatic rings. The summed E-state index contributed by atoms with van der Waals surface area (Å²) in [6.07, 6.45) is 4.33. The molecule has 37 heavy (non-hydrogen) atoms. The summed E-state index contributed by atoms with van der Waals surface area (Å²) in [5, 5.41) is 10.1. The van der Waals surface area contributed by atoms with Crippen LogP contribution in [0, 0.1) is 17.5 Å². The second-order valence-electron chi connectivity index (χ2n) is 8.79. The van der Waals surface area contributed by atoms with E-state index >= 15 is 8.78 Å². The Balaban J connectivity index is 1.52. The first-order valence-electron chi connectivity index (χ1n) is 12.4. The van der Waals surface area contributed by atoms with Crippen LogP contribution in [0.5, 0.6) is 5.75 Å². The van der Waals surface area contributed by atoms with Gasteiger partial charge in [0.15, 0.2) is 11.6 Å². The lowest BCUT2D eigenvalue weighted by atomic mass is 9.96. The molecule has 0 saturated carbocycles. The fraction of sp³-hybridized carbons (Fsp3) is 0.188. The number of hydrogen-bond donors (Lipinski definition) is 1. The number of rotatable bonds is 9. The normalized spacial score (nSPS) is 12.2. The molecule has 2 nitrogen and oxygen atoms in total. The molecule has 0 heterocycles. The van der Waals surface area contributed by atoms with Gasteiger partial charge < -0.3 is 9.84 Å². The summed E-state index contributed by atoms with van der Waals surface area (Å²) in [4.78, 5) is 0. The zero-order chi connectivity index (χ0) is 26.4. The highest BCUT2D eigenvalue weighted by Gasteiger charge is 2.16. The smallest absolute Gasteiger partial charge is 0.167 e. The number of halogens is 3. The summed E-state index contributed by atoms with van der Waals surface area (Å²) in [6, 6.07) is 21.6. The monoisotopic (exact) mass is 502 g/mol. The molecule has 0 bridgehead atoms. The van der Waals surface area contributed by atoms with Gasteiger partial charge in [-0.25, -0.2) is 13.2 Å². The molecule has 1 atom stereocenters. The Morgan fingerprint density at radius 2 is 1.35 bits per heavy atom. The Bertz CT molecular complexity index is 1380. The molecule has 5 heteroatoms. The maximum Gasteiger partial charge on any atom is 0.167 e. The van der Waals surface area contributed by atoms with Gasteiger partial charge in [0.2, 0.25) is 0 Å². The lowest BCUT2D eigenvalue weighted by molar-refractivity contribution is 0.166. The summed E-state index contributed by atoms with van der Waals surface area (Å²) >= 11 is 0. The van der Waals surface area contributed by atoms with Gasteiger partial charge in [0, 0.05) is 22.8 Å². The van der Waals surface area contributed by atoms with Crippen LogP contribution in [0.2, 0.25) is 0 Å². The third-order valence-corrected chi connectivity index (χ3v) is 6.21.